The molecule has 2 aliphatic rings. The molecule has 2 bridgehead atoms. The fourth-order valence-corrected chi connectivity index (χ4v) is 4.83. The summed E-state index contributed by atoms with van der Waals surface area (Å²) >= 11 is 0. The number of nitrogens with two attached hydrogens (primary N) is 1. The molecule has 4 atom stereocenters. The molecule has 30 heavy (non-hydrogen) atoms. The second kappa shape index (κ2) is 9.25. The highest BCUT2D eigenvalue weighted by molar-refractivity contribution is 5.93. The normalized spacial score (nSPS) is 24.2. The molecule has 0 radical (unpaired) electrons. The minimum Gasteiger partial charge on any atom is -0.487 e. The van der Waals surface area contributed by atoms with Gasteiger partial charge in [0.25, 0.3) is 0 Å². The number of hydrogen-bond acceptors (Lipinski definition) is 4. The van der Waals surface area contributed by atoms with E-state index < -0.39 is 0 Å². The van der Waals surface area contributed by atoms with E-state index in [0.29, 0.717) is 24.2 Å². The van der Waals surface area contributed by atoms with Gasteiger partial charge in [-0.2, -0.15) is 0 Å². The lowest BCUT2D eigenvalue weighted by Crippen LogP contribution is -2.42. The van der Waals surface area contributed by atoms with Crippen LogP contribution in [0.15, 0.2) is 54.9 Å². The van der Waals surface area contributed by atoms with Crippen LogP contribution in [0.3, 0.4) is 0 Å². The van der Waals surface area contributed by atoms with Crippen molar-refractivity contribution < 1.29 is 9.53 Å². The molecule has 1 aromatic carbocycles. The average molecular weight is 449 g/mol. The first-order valence-corrected chi connectivity index (χ1v) is 9.89. The lowest BCUT2D eigenvalue weighted by atomic mass is 9.84. The van der Waals surface area contributed by atoms with Crippen LogP contribution in [0.4, 0.5) is 5.69 Å². The first-order valence-electron chi connectivity index (χ1n) is 9.89. The quantitative estimate of drug-likeness (QED) is 0.616. The summed E-state index contributed by atoms with van der Waals surface area (Å²) in [5.74, 6) is 1.63. The van der Waals surface area contributed by atoms with Crippen molar-refractivity contribution in [2.45, 2.75) is 31.9 Å². The third-order valence-corrected chi connectivity index (χ3v) is 6.19. The van der Waals surface area contributed by atoms with Gasteiger partial charge in [0.05, 0.1) is 11.6 Å². The Bertz CT molecular complexity index is 990. The summed E-state index contributed by atoms with van der Waals surface area (Å²) in [6, 6.07) is 13.4. The molecule has 2 saturated carbocycles. The molecule has 2 aromatic heterocycles. The molecule has 8 heteroatoms. The van der Waals surface area contributed by atoms with Crippen LogP contribution in [0.5, 0.6) is 5.75 Å². The smallest absolute Gasteiger partial charge is 0.229 e. The molecule has 5 rings (SSSR count). The summed E-state index contributed by atoms with van der Waals surface area (Å²) in [5, 5.41) is 3.04. The Morgan fingerprint density at radius 2 is 2.00 bits per heavy atom. The Balaban J connectivity index is 0.00000128. The van der Waals surface area contributed by atoms with E-state index in [1.165, 1.54) is 6.42 Å². The standard InChI is InChI=1S/C22H24N4O2.2ClH/c23-21-15-8-7-14(10-15)20(21)22(27)25-16-4-3-5-18(11-16)28-13-17-12-26-9-2-1-6-19(26)24-17;;/h1-6,9,11-12,14-15,20-21H,7-8,10,13,23H2,(H,25,27);2*1H. The molecule has 160 valence electrons. The van der Waals surface area contributed by atoms with Crippen LogP contribution >= 0.6 is 24.8 Å². The predicted octanol–water partition coefficient (Wildman–Crippen LogP) is 4.07. The number of imidazole rings is 1. The van der Waals surface area contributed by atoms with E-state index in [4.69, 9.17) is 10.5 Å². The summed E-state index contributed by atoms with van der Waals surface area (Å²) in [5.41, 5.74) is 8.79. The Hall–Kier alpha value is -2.28. The number of pyridine rings is 1. The zero-order valence-corrected chi connectivity index (χ0v) is 18.1. The molecular formula is C22H26Cl2N4O2. The SMILES string of the molecule is Cl.Cl.NC1C2CCC(C2)C1C(=O)Nc1cccc(OCc2cn3ccccc3n2)c1. The molecule has 1 amide bonds. The lowest BCUT2D eigenvalue weighted by Gasteiger charge is -2.27. The van der Waals surface area contributed by atoms with Crippen molar-refractivity contribution in [3.63, 3.8) is 0 Å². The Morgan fingerprint density at radius 3 is 2.77 bits per heavy atom. The van der Waals surface area contributed by atoms with E-state index >= 15 is 0 Å². The van der Waals surface area contributed by atoms with Crippen LogP contribution < -0.4 is 15.8 Å². The largest absolute Gasteiger partial charge is 0.487 e. The summed E-state index contributed by atoms with van der Waals surface area (Å²) in [4.78, 5) is 17.3. The van der Waals surface area contributed by atoms with Crippen molar-refractivity contribution in [3.05, 3.63) is 60.6 Å². The molecule has 0 saturated heterocycles. The molecule has 3 N–H and O–H groups in total. The number of rotatable bonds is 5. The highest BCUT2D eigenvalue weighted by Gasteiger charge is 2.49. The summed E-state index contributed by atoms with van der Waals surface area (Å²) in [7, 11) is 0. The third-order valence-electron chi connectivity index (χ3n) is 6.19. The van der Waals surface area contributed by atoms with Crippen LogP contribution in [-0.2, 0) is 11.4 Å². The number of nitrogens with zero attached hydrogens (tertiary/aromatic N) is 2. The van der Waals surface area contributed by atoms with E-state index in [0.717, 1.165) is 29.9 Å². The maximum absolute atomic E-state index is 12.8. The van der Waals surface area contributed by atoms with Gasteiger partial charge in [-0.05, 0) is 55.4 Å². The molecule has 0 spiro atoms. The molecule has 6 nitrogen and oxygen atoms in total. The fourth-order valence-electron chi connectivity index (χ4n) is 4.83. The number of amides is 1. The van der Waals surface area contributed by atoms with Gasteiger partial charge < -0.3 is 20.2 Å². The summed E-state index contributed by atoms with van der Waals surface area (Å²) in [6.45, 7) is 0.371. The fraction of sp³-hybridized carbons (Fsp3) is 0.364. The van der Waals surface area contributed by atoms with Crippen LogP contribution in [0, 0.1) is 17.8 Å². The van der Waals surface area contributed by atoms with E-state index in [9.17, 15) is 4.79 Å². The molecule has 4 unspecified atom stereocenters. The van der Waals surface area contributed by atoms with Gasteiger partial charge in [-0.1, -0.05) is 12.1 Å². The van der Waals surface area contributed by atoms with E-state index in [2.05, 4.69) is 10.3 Å². The number of carbonyl (C=O) groups is 1. The van der Waals surface area contributed by atoms with Gasteiger partial charge in [0, 0.05) is 30.2 Å². The highest BCUT2D eigenvalue weighted by Crippen LogP contribution is 2.47. The Kier molecular flexibility index (Phi) is 6.91. The molecular weight excluding hydrogens is 423 g/mol. The first-order chi connectivity index (χ1) is 13.7. The number of fused-ring (bicyclic) bond motifs is 3. The zero-order valence-electron chi connectivity index (χ0n) is 16.4. The average Bonchev–Trinajstić information content (AvgIpc) is 3.40. The van der Waals surface area contributed by atoms with Crippen LogP contribution in [0.2, 0.25) is 0 Å². The zero-order chi connectivity index (χ0) is 19.1. The Morgan fingerprint density at radius 1 is 1.17 bits per heavy atom. The van der Waals surface area contributed by atoms with E-state index in [-0.39, 0.29) is 42.7 Å². The Labute approximate surface area is 188 Å². The number of hydrogen-bond donors (Lipinski definition) is 2. The van der Waals surface area contributed by atoms with Crippen molar-refractivity contribution in [1.82, 2.24) is 9.38 Å². The third kappa shape index (κ3) is 4.26. The minimum atomic E-state index is -0.0682. The van der Waals surface area contributed by atoms with Crippen molar-refractivity contribution in [1.29, 1.82) is 0 Å². The maximum atomic E-state index is 12.8. The molecule has 3 aromatic rings. The first kappa shape index (κ1) is 22.4. The van der Waals surface area contributed by atoms with Crippen LogP contribution in [0.25, 0.3) is 5.65 Å². The number of nitrogens with one attached hydrogen (secondary N) is 1. The van der Waals surface area contributed by atoms with Gasteiger partial charge in [-0.3, -0.25) is 4.79 Å². The van der Waals surface area contributed by atoms with Gasteiger partial charge >= 0.3 is 0 Å². The van der Waals surface area contributed by atoms with Crippen LogP contribution in [0.1, 0.15) is 25.0 Å². The number of benzene rings is 1. The second-order valence-corrected chi connectivity index (χ2v) is 7.94. The van der Waals surface area contributed by atoms with E-state index in [1.807, 2.05) is 59.3 Å². The highest BCUT2D eigenvalue weighted by atomic mass is 35.5. The number of ether oxygens (including phenoxy) is 1. The summed E-state index contributed by atoms with van der Waals surface area (Å²) in [6.07, 6.45) is 7.31. The molecule has 2 aliphatic carbocycles. The number of carbonyl (C=O) groups excluding carboxylic acids is 1. The predicted molar refractivity (Wildman–Crippen MR) is 121 cm³/mol. The van der Waals surface area contributed by atoms with Crippen molar-refractivity contribution in [2.24, 2.45) is 23.5 Å². The van der Waals surface area contributed by atoms with Crippen molar-refractivity contribution in [2.75, 3.05) is 5.32 Å². The molecule has 0 aliphatic heterocycles. The monoisotopic (exact) mass is 448 g/mol. The maximum Gasteiger partial charge on any atom is 0.229 e. The molecule has 2 heterocycles. The lowest BCUT2D eigenvalue weighted by molar-refractivity contribution is -0.121. The summed E-state index contributed by atoms with van der Waals surface area (Å²) < 4.78 is 7.85. The minimum absolute atomic E-state index is 0. The van der Waals surface area contributed by atoms with Crippen molar-refractivity contribution in [3.8, 4) is 5.75 Å². The number of anilines is 1. The van der Waals surface area contributed by atoms with Crippen LogP contribution in [-0.4, -0.2) is 21.3 Å². The number of aromatic nitrogens is 2. The van der Waals surface area contributed by atoms with Gasteiger partial charge in [0.15, 0.2) is 0 Å². The topological polar surface area (TPSA) is 81.7 Å². The van der Waals surface area contributed by atoms with Gasteiger partial charge in [-0.25, -0.2) is 4.98 Å². The van der Waals surface area contributed by atoms with Gasteiger partial charge in [0.2, 0.25) is 5.91 Å². The van der Waals surface area contributed by atoms with Gasteiger partial charge in [-0.15, -0.1) is 24.8 Å². The van der Waals surface area contributed by atoms with E-state index in [1.54, 1.807) is 0 Å². The van der Waals surface area contributed by atoms with Gasteiger partial charge in [0.1, 0.15) is 18.0 Å². The second-order valence-electron chi connectivity index (χ2n) is 7.94. The van der Waals surface area contributed by atoms with Crippen molar-refractivity contribution >= 4 is 42.1 Å². The number of halogens is 2. The molecule has 2 fully saturated rings.